The number of benzene rings is 3. The number of hydrogen-bond acceptors (Lipinski definition) is 6. The molecule has 3 aromatic carbocycles. The first-order valence-electron chi connectivity index (χ1n) is 11.4. The van der Waals surface area contributed by atoms with E-state index in [0.717, 1.165) is 9.13 Å². The third-order valence-electron chi connectivity index (χ3n) is 5.96. The van der Waals surface area contributed by atoms with E-state index in [4.69, 9.17) is 26.4 Å². The average molecular weight is 631 g/mol. The maximum Gasteiger partial charge on any atom is 0.256 e. The molecule has 2 amide bonds. The van der Waals surface area contributed by atoms with E-state index in [-0.39, 0.29) is 18.2 Å². The first-order chi connectivity index (χ1) is 17.8. The van der Waals surface area contributed by atoms with E-state index >= 15 is 0 Å². The zero-order valence-electron chi connectivity index (χ0n) is 20.6. The largest absolute Gasteiger partial charge is 0.497 e. The Hall–Kier alpha value is -3.38. The molecule has 1 aliphatic heterocycles. The Bertz CT molecular complexity index is 1300. The van der Waals surface area contributed by atoms with Crippen LogP contribution in [-0.2, 0) is 16.1 Å². The Morgan fingerprint density at radius 1 is 0.946 bits per heavy atom. The van der Waals surface area contributed by atoms with Crippen LogP contribution in [0.15, 0.2) is 66.7 Å². The van der Waals surface area contributed by atoms with Crippen LogP contribution in [0.4, 0.5) is 11.4 Å². The van der Waals surface area contributed by atoms with E-state index in [1.807, 2.05) is 36.4 Å². The third kappa shape index (κ3) is 5.96. The summed E-state index contributed by atoms with van der Waals surface area (Å²) in [5.74, 6) is 1.28. The van der Waals surface area contributed by atoms with Gasteiger partial charge in [-0.1, -0.05) is 6.07 Å². The molecule has 0 radical (unpaired) electrons. The minimum absolute atomic E-state index is 0.0646. The van der Waals surface area contributed by atoms with Gasteiger partial charge in [-0.2, -0.15) is 0 Å². The SMILES string of the molecule is COc1ccc(N2C(=O)C(CC(=O)Nc3ccc(I)cc3)N(Cc3ccc(OC)c(OC)c3)C2=S)cc1. The van der Waals surface area contributed by atoms with Gasteiger partial charge in [0, 0.05) is 15.8 Å². The van der Waals surface area contributed by atoms with E-state index in [1.54, 1.807) is 56.6 Å². The molecule has 1 heterocycles. The molecular weight excluding hydrogens is 605 g/mol. The maximum absolute atomic E-state index is 13.7. The van der Waals surface area contributed by atoms with E-state index in [1.165, 1.54) is 4.90 Å². The van der Waals surface area contributed by atoms with Gasteiger partial charge in [-0.25, -0.2) is 0 Å². The van der Waals surface area contributed by atoms with Crippen molar-refractivity contribution >= 4 is 63.1 Å². The van der Waals surface area contributed by atoms with Crippen molar-refractivity contribution in [3.63, 3.8) is 0 Å². The summed E-state index contributed by atoms with van der Waals surface area (Å²) in [6.07, 6.45) is -0.0646. The molecule has 0 aliphatic carbocycles. The van der Waals surface area contributed by atoms with Crippen molar-refractivity contribution in [2.24, 2.45) is 0 Å². The molecule has 0 aromatic heterocycles. The number of carbonyl (C=O) groups excluding carboxylic acids is 2. The molecule has 0 bridgehead atoms. The third-order valence-corrected chi connectivity index (χ3v) is 7.09. The monoisotopic (exact) mass is 631 g/mol. The Morgan fingerprint density at radius 3 is 2.24 bits per heavy atom. The number of rotatable bonds is 9. The lowest BCUT2D eigenvalue weighted by Gasteiger charge is -2.24. The highest BCUT2D eigenvalue weighted by Crippen LogP contribution is 2.32. The van der Waals surface area contributed by atoms with Gasteiger partial charge in [-0.05, 0) is 101 Å². The molecule has 37 heavy (non-hydrogen) atoms. The summed E-state index contributed by atoms with van der Waals surface area (Å²) < 4.78 is 17.1. The summed E-state index contributed by atoms with van der Waals surface area (Å²) in [5.41, 5.74) is 2.12. The van der Waals surface area contributed by atoms with Gasteiger partial charge < -0.3 is 24.4 Å². The van der Waals surface area contributed by atoms with E-state index in [0.29, 0.717) is 40.3 Å². The fourth-order valence-corrected chi connectivity index (χ4v) is 4.83. The highest BCUT2D eigenvalue weighted by Gasteiger charge is 2.44. The highest BCUT2D eigenvalue weighted by molar-refractivity contribution is 14.1. The van der Waals surface area contributed by atoms with Gasteiger partial charge >= 0.3 is 0 Å². The van der Waals surface area contributed by atoms with Crippen LogP contribution in [-0.4, -0.2) is 49.2 Å². The Kier molecular flexibility index (Phi) is 8.49. The van der Waals surface area contributed by atoms with Gasteiger partial charge in [0.05, 0.1) is 33.4 Å². The fourth-order valence-electron chi connectivity index (χ4n) is 4.08. The second-order valence-corrected chi connectivity index (χ2v) is 9.86. The van der Waals surface area contributed by atoms with Crippen LogP contribution in [0, 0.1) is 3.57 Å². The molecule has 10 heteroatoms. The summed E-state index contributed by atoms with van der Waals surface area (Å²) in [7, 11) is 4.71. The van der Waals surface area contributed by atoms with Crippen LogP contribution in [0.2, 0.25) is 0 Å². The van der Waals surface area contributed by atoms with Crippen molar-refractivity contribution in [2.75, 3.05) is 31.5 Å². The van der Waals surface area contributed by atoms with Crippen LogP contribution in [0.1, 0.15) is 12.0 Å². The number of halogens is 1. The molecule has 0 spiro atoms. The van der Waals surface area contributed by atoms with Crippen LogP contribution in [0.25, 0.3) is 0 Å². The number of methoxy groups -OCH3 is 3. The number of amides is 2. The summed E-state index contributed by atoms with van der Waals surface area (Å²) in [6.45, 7) is 0.305. The standard InChI is InChI=1S/C27H26IN3O5S/c1-34-21-11-9-20(10-12-21)31-26(33)22(15-25(32)29-19-7-5-18(28)6-8-19)30(27(31)37)16-17-4-13-23(35-2)24(14-17)36-3/h4-14,22H,15-16H2,1-3H3,(H,29,32). The Morgan fingerprint density at radius 2 is 1.62 bits per heavy atom. The van der Waals surface area contributed by atoms with Gasteiger partial charge in [-0.15, -0.1) is 0 Å². The molecule has 3 aromatic rings. The Labute approximate surface area is 234 Å². The molecule has 1 aliphatic rings. The molecule has 192 valence electrons. The van der Waals surface area contributed by atoms with Crippen LogP contribution >= 0.6 is 34.8 Å². The first kappa shape index (κ1) is 26.7. The van der Waals surface area contributed by atoms with Gasteiger partial charge in [0.2, 0.25) is 5.91 Å². The second kappa shape index (κ2) is 11.8. The minimum atomic E-state index is -0.786. The number of nitrogens with one attached hydrogen (secondary N) is 1. The molecule has 1 unspecified atom stereocenters. The van der Waals surface area contributed by atoms with Crippen molar-refractivity contribution < 1.29 is 23.8 Å². The predicted molar refractivity (Wildman–Crippen MR) is 154 cm³/mol. The average Bonchev–Trinajstić information content (AvgIpc) is 3.13. The zero-order valence-corrected chi connectivity index (χ0v) is 23.5. The van der Waals surface area contributed by atoms with Crippen molar-refractivity contribution in [2.45, 2.75) is 19.0 Å². The Balaban J connectivity index is 1.62. The summed E-state index contributed by atoms with van der Waals surface area (Å²) in [6, 6.07) is 19.3. The normalized spacial score (nSPS) is 15.1. The molecule has 1 N–H and O–H groups in total. The number of carbonyl (C=O) groups is 2. The number of anilines is 2. The zero-order chi connectivity index (χ0) is 26.5. The summed E-state index contributed by atoms with van der Waals surface area (Å²) in [4.78, 5) is 29.9. The quantitative estimate of drug-likeness (QED) is 0.267. The molecule has 1 atom stereocenters. The molecule has 4 rings (SSSR count). The second-order valence-electron chi connectivity index (χ2n) is 8.25. The van der Waals surface area contributed by atoms with E-state index in [2.05, 4.69) is 27.9 Å². The van der Waals surface area contributed by atoms with Crippen LogP contribution < -0.4 is 24.4 Å². The highest BCUT2D eigenvalue weighted by atomic mass is 127. The summed E-state index contributed by atoms with van der Waals surface area (Å²) in [5, 5.41) is 3.20. The molecule has 0 saturated carbocycles. The van der Waals surface area contributed by atoms with E-state index in [9.17, 15) is 9.59 Å². The van der Waals surface area contributed by atoms with Crippen LogP contribution in [0.3, 0.4) is 0 Å². The topological polar surface area (TPSA) is 80.3 Å². The molecule has 8 nitrogen and oxygen atoms in total. The van der Waals surface area contributed by atoms with E-state index < -0.39 is 6.04 Å². The number of nitrogens with zero attached hydrogens (tertiary/aromatic N) is 2. The smallest absolute Gasteiger partial charge is 0.256 e. The summed E-state index contributed by atoms with van der Waals surface area (Å²) >= 11 is 7.98. The first-order valence-corrected chi connectivity index (χ1v) is 12.9. The van der Waals surface area contributed by atoms with Crippen molar-refractivity contribution in [1.82, 2.24) is 4.90 Å². The lowest BCUT2D eigenvalue weighted by molar-refractivity contribution is -0.124. The maximum atomic E-state index is 13.7. The van der Waals surface area contributed by atoms with Crippen molar-refractivity contribution in [1.29, 1.82) is 0 Å². The number of hydrogen-bond donors (Lipinski definition) is 1. The fraction of sp³-hybridized carbons (Fsp3) is 0.222. The van der Waals surface area contributed by atoms with Gasteiger partial charge in [0.25, 0.3) is 5.91 Å². The van der Waals surface area contributed by atoms with Crippen molar-refractivity contribution in [3.8, 4) is 17.2 Å². The lowest BCUT2D eigenvalue weighted by Crippen LogP contribution is -2.37. The molecule has 1 fully saturated rings. The number of thiocarbonyl (C=S) groups is 1. The van der Waals surface area contributed by atoms with Gasteiger partial charge in [0.15, 0.2) is 16.6 Å². The lowest BCUT2D eigenvalue weighted by atomic mass is 10.1. The predicted octanol–water partition coefficient (Wildman–Crippen LogP) is 4.85. The van der Waals surface area contributed by atoms with Gasteiger partial charge in [0.1, 0.15) is 11.8 Å². The van der Waals surface area contributed by atoms with Gasteiger partial charge in [-0.3, -0.25) is 14.5 Å². The molecule has 1 saturated heterocycles. The minimum Gasteiger partial charge on any atom is -0.497 e. The molecular formula is C27H26IN3O5S. The number of ether oxygens (including phenoxy) is 3. The van der Waals surface area contributed by atoms with Crippen molar-refractivity contribution in [3.05, 3.63) is 75.9 Å². The van der Waals surface area contributed by atoms with Crippen LogP contribution in [0.5, 0.6) is 17.2 Å².